The molecule has 0 amide bonds. The van der Waals surface area contributed by atoms with Crippen LogP contribution in [-0.4, -0.2) is 10.1 Å². The predicted molar refractivity (Wildman–Crippen MR) is 58.1 cm³/mol. The third-order valence-electron chi connectivity index (χ3n) is 3.11. The van der Waals surface area contributed by atoms with Gasteiger partial charge in [-0.05, 0) is 23.7 Å². The lowest BCUT2D eigenvalue weighted by atomic mass is 9.88. The Kier molecular flexibility index (Phi) is 2.40. The first-order chi connectivity index (χ1) is 6.50. The van der Waals surface area contributed by atoms with Crippen LogP contribution in [0.1, 0.15) is 39.0 Å². The number of rotatable bonds is 2. The van der Waals surface area contributed by atoms with Crippen LogP contribution in [0.4, 0.5) is 0 Å². The van der Waals surface area contributed by atoms with E-state index in [0.717, 1.165) is 12.1 Å². The van der Waals surface area contributed by atoms with E-state index in [0.29, 0.717) is 17.3 Å². The van der Waals surface area contributed by atoms with Gasteiger partial charge in [0.2, 0.25) is 0 Å². The van der Waals surface area contributed by atoms with Crippen molar-refractivity contribution >= 4 is 11.3 Å². The monoisotopic (exact) mass is 211 g/mol. The molecule has 0 bridgehead atoms. The summed E-state index contributed by atoms with van der Waals surface area (Å²) in [6, 6.07) is 0. The summed E-state index contributed by atoms with van der Waals surface area (Å²) in [7, 11) is 0. The van der Waals surface area contributed by atoms with Crippen LogP contribution in [0.5, 0.6) is 0 Å². The van der Waals surface area contributed by atoms with Crippen LogP contribution in [0.15, 0.2) is 10.9 Å². The summed E-state index contributed by atoms with van der Waals surface area (Å²) in [4.78, 5) is 4.16. The van der Waals surface area contributed by atoms with Gasteiger partial charge in [0.15, 0.2) is 0 Å². The Hall–Kier alpha value is -0.410. The molecule has 1 aromatic rings. The van der Waals surface area contributed by atoms with E-state index in [1.165, 1.54) is 0 Å². The van der Waals surface area contributed by atoms with Gasteiger partial charge in [-0.25, -0.2) is 4.98 Å². The fraction of sp³-hybridized carbons (Fsp3) is 0.727. The van der Waals surface area contributed by atoms with Crippen molar-refractivity contribution in [3.63, 3.8) is 0 Å². The second kappa shape index (κ2) is 3.31. The zero-order chi connectivity index (χ0) is 10.3. The summed E-state index contributed by atoms with van der Waals surface area (Å²) in [6.45, 7) is 6.72. The smallest absolute Gasteiger partial charge is 0.0999 e. The molecule has 1 aliphatic rings. The molecule has 1 fully saturated rings. The molecule has 0 saturated heterocycles. The molecule has 3 heteroatoms. The normalized spacial score (nSPS) is 28.9. The van der Waals surface area contributed by atoms with Gasteiger partial charge >= 0.3 is 0 Å². The molecule has 1 saturated carbocycles. The summed E-state index contributed by atoms with van der Waals surface area (Å²) in [6.07, 6.45) is 0.799. The minimum atomic E-state index is -0.342. The number of nitrogens with zero attached hydrogens (tertiary/aromatic N) is 1. The van der Waals surface area contributed by atoms with Gasteiger partial charge in [0, 0.05) is 5.38 Å². The average molecular weight is 211 g/mol. The molecule has 3 unspecified atom stereocenters. The minimum absolute atomic E-state index is 0.321. The molecule has 0 aromatic carbocycles. The number of hydrogen-bond donors (Lipinski definition) is 1. The Bertz CT molecular complexity index is 302. The topological polar surface area (TPSA) is 33.1 Å². The summed E-state index contributed by atoms with van der Waals surface area (Å²) >= 11 is 1.55. The Morgan fingerprint density at radius 1 is 1.57 bits per heavy atom. The second-order valence-corrected chi connectivity index (χ2v) is 5.95. The Balaban J connectivity index is 2.00. The Morgan fingerprint density at radius 3 is 2.71 bits per heavy atom. The average Bonchev–Trinajstić information content (AvgIpc) is 2.72. The van der Waals surface area contributed by atoms with E-state index >= 15 is 0 Å². The fourth-order valence-corrected chi connectivity index (χ4v) is 2.73. The van der Waals surface area contributed by atoms with Crippen LogP contribution < -0.4 is 0 Å². The van der Waals surface area contributed by atoms with Gasteiger partial charge in [0.25, 0.3) is 0 Å². The number of aliphatic hydroxyl groups is 1. The molecule has 0 spiro atoms. The van der Waals surface area contributed by atoms with Crippen LogP contribution in [0.25, 0.3) is 0 Å². The highest BCUT2D eigenvalue weighted by atomic mass is 32.1. The molecule has 2 rings (SSSR count). The summed E-state index contributed by atoms with van der Waals surface area (Å²) in [5, 5.41) is 12.0. The quantitative estimate of drug-likeness (QED) is 0.816. The predicted octanol–water partition coefficient (Wildman–Crippen LogP) is 2.86. The van der Waals surface area contributed by atoms with Gasteiger partial charge in [0.1, 0.15) is 0 Å². The minimum Gasteiger partial charge on any atom is -0.386 e. The Labute approximate surface area is 89.0 Å². The highest BCUT2D eigenvalue weighted by molar-refractivity contribution is 7.07. The van der Waals surface area contributed by atoms with Crippen molar-refractivity contribution in [3.05, 3.63) is 16.6 Å². The lowest BCUT2D eigenvalue weighted by molar-refractivity contribution is 0.130. The van der Waals surface area contributed by atoms with Crippen LogP contribution in [0, 0.1) is 17.3 Å². The summed E-state index contributed by atoms with van der Waals surface area (Å²) < 4.78 is 0. The van der Waals surface area contributed by atoms with E-state index in [2.05, 4.69) is 25.8 Å². The van der Waals surface area contributed by atoms with Crippen molar-refractivity contribution in [2.24, 2.45) is 17.3 Å². The van der Waals surface area contributed by atoms with E-state index < -0.39 is 0 Å². The third-order valence-corrected chi connectivity index (χ3v) is 3.72. The maximum absolute atomic E-state index is 10.0. The molecule has 1 aromatic heterocycles. The molecule has 3 atom stereocenters. The van der Waals surface area contributed by atoms with Gasteiger partial charge in [0.05, 0.1) is 17.3 Å². The standard InChI is InChI=1S/C11H17NOS/c1-11(2,3)8-4-7(8)10(13)9-5-14-6-12-9/h5-8,10,13H,4H2,1-3H3. The first-order valence-electron chi connectivity index (χ1n) is 5.06. The van der Waals surface area contributed by atoms with E-state index in [1.807, 2.05) is 5.38 Å². The molecular formula is C11H17NOS. The van der Waals surface area contributed by atoms with Crippen molar-refractivity contribution in [2.45, 2.75) is 33.3 Å². The van der Waals surface area contributed by atoms with Crippen molar-refractivity contribution in [3.8, 4) is 0 Å². The largest absolute Gasteiger partial charge is 0.386 e. The maximum Gasteiger partial charge on any atom is 0.0999 e. The van der Waals surface area contributed by atoms with E-state index in [9.17, 15) is 5.11 Å². The number of hydrogen-bond acceptors (Lipinski definition) is 3. The zero-order valence-corrected chi connectivity index (χ0v) is 9.71. The maximum atomic E-state index is 10.0. The van der Waals surface area contributed by atoms with E-state index in [4.69, 9.17) is 0 Å². The van der Waals surface area contributed by atoms with Gasteiger partial charge in [-0.15, -0.1) is 11.3 Å². The van der Waals surface area contributed by atoms with Crippen LogP contribution >= 0.6 is 11.3 Å². The second-order valence-electron chi connectivity index (χ2n) is 5.23. The number of aromatic nitrogens is 1. The Morgan fingerprint density at radius 2 is 2.29 bits per heavy atom. The molecule has 14 heavy (non-hydrogen) atoms. The molecule has 78 valence electrons. The molecule has 1 N–H and O–H groups in total. The van der Waals surface area contributed by atoms with Crippen molar-refractivity contribution in [2.75, 3.05) is 0 Å². The van der Waals surface area contributed by atoms with Crippen LogP contribution in [0.2, 0.25) is 0 Å². The highest BCUT2D eigenvalue weighted by Crippen LogP contribution is 2.55. The van der Waals surface area contributed by atoms with Gasteiger partial charge in [-0.1, -0.05) is 20.8 Å². The van der Waals surface area contributed by atoms with Gasteiger partial charge in [-0.2, -0.15) is 0 Å². The lowest BCUT2D eigenvalue weighted by Crippen LogP contribution is -2.12. The van der Waals surface area contributed by atoms with Crippen LogP contribution in [-0.2, 0) is 0 Å². The third kappa shape index (κ3) is 1.84. The van der Waals surface area contributed by atoms with Crippen LogP contribution in [0.3, 0.4) is 0 Å². The van der Waals surface area contributed by atoms with Crippen molar-refractivity contribution in [1.29, 1.82) is 0 Å². The number of thiazole rings is 1. The van der Waals surface area contributed by atoms with Crippen molar-refractivity contribution in [1.82, 2.24) is 4.98 Å². The molecule has 0 aliphatic heterocycles. The molecule has 0 radical (unpaired) electrons. The molecule has 2 nitrogen and oxygen atoms in total. The zero-order valence-electron chi connectivity index (χ0n) is 8.90. The lowest BCUT2D eigenvalue weighted by Gasteiger charge is -2.19. The first kappa shape index (κ1) is 10.1. The van der Waals surface area contributed by atoms with E-state index in [-0.39, 0.29) is 6.10 Å². The fourth-order valence-electron chi connectivity index (χ4n) is 2.15. The highest BCUT2D eigenvalue weighted by Gasteiger charge is 2.49. The summed E-state index contributed by atoms with van der Waals surface area (Å²) in [5.41, 5.74) is 2.96. The summed E-state index contributed by atoms with van der Waals surface area (Å²) in [5.74, 6) is 1.08. The molecule has 1 aliphatic carbocycles. The van der Waals surface area contributed by atoms with Crippen molar-refractivity contribution < 1.29 is 5.11 Å². The first-order valence-corrected chi connectivity index (χ1v) is 6.00. The molecular weight excluding hydrogens is 194 g/mol. The SMILES string of the molecule is CC(C)(C)C1CC1C(O)c1cscn1. The number of aliphatic hydroxyl groups excluding tert-OH is 1. The van der Waals surface area contributed by atoms with Gasteiger partial charge in [-0.3, -0.25) is 0 Å². The molecule has 1 heterocycles. The van der Waals surface area contributed by atoms with E-state index in [1.54, 1.807) is 16.8 Å². The van der Waals surface area contributed by atoms with Gasteiger partial charge < -0.3 is 5.11 Å².